The smallest absolute Gasteiger partial charge is 0.251 e. The Hall–Kier alpha value is -2.20. The first-order chi connectivity index (χ1) is 11.8. The van der Waals surface area contributed by atoms with Crippen LogP contribution in [-0.4, -0.2) is 58.4 Å². The van der Waals surface area contributed by atoms with E-state index in [1.807, 2.05) is 0 Å². The van der Waals surface area contributed by atoms with Crippen molar-refractivity contribution < 1.29 is 23.8 Å². The lowest BCUT2D eigenvalue weighted by molar-refractivity contribution is -0.108. The predicted molar refractivity (Wildman–Crippen MR) is 89.8 cm³/mol. The second-order valence-electron chi connectivity index (χ2n) is 4.77. The van der Waals surface area contributed by atoms with Crippen LogP contribution in [0.5, 0.6) is 0 Å². The van der Waals surface area contributed by atoms with Gasteiger partial charge in [-0.1, -0.05) is 12.0 Å². The zero-order chi connectivity index (χ0) is 17.5. The fourth-order valence-corrected chi connectivity index (χ4v) is 1.76. The minimum atomic E-state index is -0.181. The molecule has 1 amide bonds. The Bertz CT molecular complexity index is 538. The molecular formula is C18H23NO5. The summed E-state index contributed by atoms with van der Waals surface area (Å²) in [6.07, 6.45) is 6.53. The summed E-state index contributed by atoms with van der Waals surface area (Å²) in [7, 11) is 0. The van der Waals surface area contributed by atoms with Crippen LogP contribution in [0.1, 0.15) is 22.3 Å². The van der Waals surface area contributed by atoms with Crippen LogP contribution in [0.3, 0.4) is 0 Å². The molecular weight excluding hydrogens is 310 g/mol. The number of amides is 1. The first kappa shape index (κ1) is 19.8. The zero-order valence-corrected chi connectivity index (χ0v) is 13.7. The molecule has 0 radical (unpaired) electrons. The topological polar surface area (TPSA) is 73.9 Å². The molecule has 1 N–H and O–H groups in total. The van der Waals surface area contributed by atoms with E-state index in [-0.39, 0.29) is 5.91 Å². The van der Waals surface area contributed by atoms with E-state index in [4.69, 9.17) is 20.6 Å². The maximum atomic E-state index is 11.9. The molecule has 0 unspecified atom stereocenters. The second-order valence-corrected chi connectivity index (χ2v) is 4.77. The van der Waals surface area contributed by atoms with Crippen LogP contribution in [0.25, 0.3) is 0 Å². The summed E-state index contributed by atoms with van der Waals surface area (Å²) < 4.78 is 15.8. The summed E-state index contributed by atoms with van der Waals surface area (Å²) in [5.74, 6) is 2.31. The SMILES string of the molecule is C#Cc1cccc(C(=O)NCCOCCOCCOCCC=O)c1. The molecule has 0 fully saturated rings. The highest BCUT2D eigenvalue weighted by Gasteiger charge is 2.04. The van der Waals surface area contributed by atoms with E-state index in [1.165, 1.54) is 0 Å². The van der Waals surface area contributed by atoms with E-state index in [0.717, 1.165) is 6.29 Å². The lowest BCUT2D eigenvalue weighted by atomic mass is 10.1. The van der Waals surface area contributed by atoms with Crippen molar-refractivity contribution in [3.8, 4) is 12.3 Å². The number of carbonyl (C=O) groups excluding carboxylic acids is 2. The Balaban J connectivity index is 1.97. The van der Waals surface area contributed by atoms with Crippen LogP contribution in [0.15, 0.2) is 24.3 Å². The van der Waals surface area contributed by atoms with Crippen molar-refractivity contribution in [1.29, 1.82) is 0 Å². The number of benzene rings is 1. The lowest BCUT2D eigenvalue weighted by Crippen LogP contribution is -2.27. The van der Waals surface area contributed by atoms with Crippen LogP contribution in [0.4, 0.5) is 0 Å². The largest absolute Gasteiger partial charge is 0.379 e. The van der Waals surface area contributed by atoms with Crippen molar-refractivity contribution in [2.75, 3.05) is 46.2 Å². The van der Waals surface area contributed by atoms with Gasteiger partial charge < -0.3 is 24.3 Å². The third-order valence-corrected chi connectivity index (χ3v) is 2.95. The average molecular weight is 333 g/mol. The van der Waals surface area contributed by atoms with E-state index >= 15 is 0 Å². The number of carbonyl (C=O) groups is 2. The van der Waals surface area contributed by atoms with Crippen LogP contribution in [-0.2, 0) is 19.0 Å². The Morgan fingerprint density at radius 2 is 1.75 bits per heavy atom. The van der Waals surface area contributed by atoms with Crippen LogP contribution in [0, 0.1) is 12.3 Å². The van der Waals surface area contributed by atoms with E-state index in [0.29, 0.717) is 63.7 Å². The van der Waals surface area contributed by atoms with E-state index in [1.54, 1.807) is 24.3 Å². The van der Waals surface area contributed by atoms with E-state index in [2.05, 4.69) is 11.2 Å². The Morgan fingerprint density at radius 1 is 1.08 bits per heavy atom. The molecule has 0 bridgehead atoms. The fourth-order valence-electron chi connectivity index (χ4n) is 1.76. The summed E-state index contributed by atoms with van der Waals surface area (Å²) in [5.41, 5.74) is 1.20. The quantitative estimate of drug-likeness (QED) is 0.332. The first-order valence-electron chi connectivity index (χ1n) is 7.79. The van der Waals surface area contributed by atoms with Crippen molar-refractivity contribution in [1.82, 2.24) is 5.32 Å². The minimum absolute atomic E-state index is 0.181. The van der Waals surface area contributed by atoms with Gasteiger partial charge in [0.05, 0.1) is 39.6 Å². The predicted octanol–water partition coefficient (Wildman–Crippen LogP) is 1.04. The molecule has 130 valence electrons. The van der Waals surface area contributed by atoms with Gasteiger partial charge in [-0.25, -0.2) is 0 Å². The summed E-state index contributed by atoms with van der Waals surface area (Å²) >= 11 is 0. The Kier molecular flexibility index (Phi) is 11.0. The highest BCUT2D eigenvalue weighted by atomic mass is 16.5. The maximum absolute atomic E-state index is 11.9. The van der Waals surface area contributed by atoms with Crippen molar-refractivity contribution in [2.24, 2.45) is 0 Å². The number of nitrogens with one attached hydrogen (secondary N) is 1. The molecule has 1 rings (SSSR count). The average Bonchev–Trinajstić information content (AvgIpc) is 2.62. The summed E-state index contributed by atoms with van der Waals surface area (Å²) in [5, 5.41) is 2.76. The molecule has 6 heteroatoms. The number of ether oxygens (including phenoxy) is 3. The third kappa shape index (κ3) is 9.06. The molecule has 0 spiro atoms. The van der Waals surface area contributed by atoms with Gasteiger partial charge in [-0.05, 0) is 18.2 Å². The van der Waals surface area contributed by atoms with Crippen LogP contribution in [0.2, 0.25) is 0 Å². The molecule has 1 aromatic carbocycles. The normalized spacial score (nSPS) is 10.1. The molecule has 0 heterocycles. The van der Waals surface area contributed by atoms with Crippen molar-refractivity contribution in [3.05, 3.63) is 35.4 Å². The summed E-state index contributed by atoms with van der Waals surface area (Å²) in [6.45, 7) is 3.05. The van der Waals surface area contributed by atoms with Gasteiger partial charge in [0.1, 0.15) is 6.29 Å². The van der Waals surface area contributed by atoms with Crippen LogP contribution < -0.4 is 5.32 Å². The van der Waals surface area contributed by atoms with Gasteiger partial charge in [0.25, 0.3) is 5.91 Å². The fraction of sp³-hybridized carbons (Fsp3) is 0.444. The van der Waals surface area contributed by atoms with Gasteiger partial charge in [-0.2, -0.15) is 0 Å². The van der Waals surface area contributed by atoms with Gasteiger partial charge in [-0.3, -0.25) is 4.79 Å². The Labute approximate surface area is 142 Å². The number of rotatable bonds is 13. The maximum Gasteiger partial charge on any atom is 0.251 e. The Morgan fingerprint density at radius 3 is 2.42 bits per heavy atom. The molecule has 24 heavy (non-hydrogen) atoms. The van der Waals surface area contributed by atoms with Crippen molar-refractivity contribution in [3.63, 3.8) is 0 Å². The molecule has 0 aromatic heterocycles. The standard InChI is InChI=1S/C18H23NO5/c1-2-16-5-3-6-17(15-16)18(21)19-7-10-23-12-14-24-13-11-22-9-4-8-20/h1,3,5-6,8,15H,4,7,9-14H2,(H,19,21). The molecule has 6 nitrogen and oxygen atoms in total. The van der Waals surface area contributed by atoms with E-state index in [9.17, 15) is 9.59 Å². The second kappa shape index (κ2) is 13.3. The highest BCUT2D eigenvalue weighted by Crippen LogP contribution is 2.03. The minimum Gasteiger partial charge on any atom is -0.379 e. The van der Waals surface area contributed by atoms with Crippen molar-refractivity contribution in [2.45, 2.75) is 6.42 Å². The number of hydrogen-bond acceptors (Lipinski definition) is 5. The lowest BCUT2D eigenvalue weighted by Gasteiger charge is -2.08. The number of terminal acetylenes is 1. The third-order valence-electron chi connectivity index (χ3n) is 2.95. The van der Waals surface area contributed by atoms with Gasteiger partial charge in [0.15, 0.2) is 0 Å². The van der Waals surface area contributed by atoms with Gasteiger partial charge in [0.2, 0.25) is 0 Å². The van der Waals surface area contributed by atoms with Gasteiger partial charge in [0, 0.05) is 24.1 Å². The molecule has 0 aliphatic carbocycles. The monoisotopic (exact) mass is 333 g/mol. The van der Waals surface area contributed by atoms with Crippen LogP contribution >= 0.6 is 0 Å². The molecule has 0 saturated heterocycles. The van der Waals surface area contributed by atoms with E-state index < -0.39 is 0 Å². The molecule has 0 atom stereocenters. The summed E-state index contributed by atoms with van der Waals surface area (Å²) in [6, 6.07) is 6.90. The summed E-state index contributed by atoms with van der Waals surface area (Å²) in [4.78, 5) is 22.0. The molecule has 0 aliphatic heterocycles. The number of aldehydes is 1. The molecule has 1 aromatic rings. The molecule has 0 saturated carbocycles. The molecule has 0 aliphatic rings. The van der Waals surface area contributed by atoms with Gasteiger partial charge >= 0.3 is 0 Å². The number of hydrogen-bond donors (Lipinski definition) is 1. The van der Waals surface area contributed by atoms with Crippen molar-refractivity contribution >= 4 is 12.2 Å². The van der Waals surface area contributed by atoms with Gasteiger partial charge in [-0.15, -0.1) is 6.42 Å². The highest BCUT2D eigenvalue weighted by molar-refractivity contribution is 5.94. The first-order valence-corrected chi connectivity index (χ1v) is 7.79. The zero-order valence-electron chi connectivity index (χ0n) is 13.7.